The van der Waals surface area contributed by atoms with Gasteiger partial charge < -0.3 is 10.1 Å². The highest BCUT2D eigenvalue weighted by Crippen LogP contribution is 2.35. The fourth-order valence-electron chi connectivity index (χ4n) is 2.81. The molecule has 1 unspecified atom stereocenters. The maximum atomic E-state index is 6.45. The summed E-state index contributed by atoms with van der Waals surface area (Å²) in [4.78, 5) is 0. The molecule has 2 aromatic carbocycles. The highest BCUT2D eigenvalue weighted by atomic mass is 79.9. The Hall–Kier alpha value is -1.03. The summed E-state index contributed by atoms with van der Waals surface area (Å²) in [6.45, 7) is 0.819. The summed E-state index contributed by atoms with van der Waals surface area (Å²) in [7, 11) is 1.96. The average molecular weight is 367 g/mol. The lowest BCUT2D eigenvalue weighted by molar-refractivity contribution is 0.288. The maximum absolute atomic E-state index is 6.45. The van der Waals surface area contributed by atoms with Gasteiger partial charge in [-0.05, 0) is 64.6 Å². The number of hydrogen-bond acceptors (Lipinski definition) is 2. The molecule has 0 radical (unpaired) electrons. The lowest BCUT2D eigenvalue weighted by atomic mass is 9.95. The summed E-state index contributed by atoms with van der Waals surface area (Å²) < 4.78 is 6.61. The fourth-order valence-corrected chi connectivity index (χ4v) is 3.42. The van der Waals surface area contributed by atoms with E-state index in [4.69, 9.17) is 16.3 Å². The van der Waals surface area contributed by atoms with Gasteiger partial charge in [-0.1, -0.05) is 35.9 Å². The molecule has 21 heavy (non-hydrogen) atoms. The molecule has 1 N–H and O–H groups in total. The molecule has 0 amide bonds. The summed E-state index contributed by atoms with van der Waals surface area (Å²) >= 11 is 9.94. The zero-order valence-electron chi connectivity index (χ0n) is 11.8. The smallest absolute Gasteiger partial charge is 0.122 e. The van der Waals surface area contributed by atoms with E-state index in [1.165, 1.54) is 11.1 Å². The van der Waals surface area contributed by atoms with Gasteiger partial charge in [0, 0.05) is 4.47 Å². The second-order valence-corrected chi connectivity index (χ2v) is 6.42. The van der Waals surface area contributed by atoms with Gasteiger partial charge in [-0.15, -0.1) is 0 Å². The van der Waals surface area contributed by atoms with E-state index in [2.05, 4.69) is 45.5 Å². The van der Waals surface area contributed by atoms with Crippen molar-refractivity contribution < 1.29 is 4.74 Å². The first kappa shape index (κ1) is 14.9. The van der Waals surface area contributed by atoms with Crippen molar-refractivity contribution in [2.24, 2.45) is 0 Å². The van der Waals surface area contributed by atoms with E-state index < -0.39 is 0 Å². The molecule has 3 rings (SSSR count). The van der Waals surface area contributed by atoms with Crippen molar-refractivity contribution in [3.63, 3.8) is 0 Å². The van der Waals surface area contributed by atoms with Crippen LogP contribution in [0.25, 0.3) is 0 Å². The lowest BCUT2D eigenvalue weighted by Gasteiger charge is -2.23. The van der Waals surface area contributed by atoms with Gasteiger partial charge in [-0.3, -0.25) is 0 Å². The van der Waals surface area contributed by atoms with Crippen molar-refractivity contribution in [3.05, 3.63) is 62.6 Å². The SMILES string of the molecule is CNC(c1ccc2c(c1)CCCO2)c1cccc(Br)c1Cl. The predicted molar refractivity (Wildman–Crippen MR) is 90.3 cm³/mol. The normalized spacial score (nSPS) is 15.2. The molecule has 0 bridgehead atoms. The van der Waals surface area contributed by atoms with Crippen LogP contribution in [0.15, 0.2) is 40.9 Å². The van der Waals surface area contributed by atoms with E-state index in [0.29, 0.717) is 0 Å². The van der Waals surface area contributed by atoms with Crippen molar-refractivity contribution in [2.75, 3.05) is 13.7 Å². The molecule has 1 heterocycles. The number of ether oxygens (including phenoxy) is 1. The molecular weight excluding hydrogens is 350 g/mol. The molecule has 1 atom stereocenters. The summed E-state index contributed by atoms with van der Waals surface area (Å²) in [5, 5.41) is 4.12. The lowest BCUT2D eigenvalue weighted by Crippen LogP contribution is -2.19. The largest absolute Gasteiger partial charge is 0.493 e. The van der Waals surface area contributed by atoms with Crippen LogP contribution in [-0.2, 0) is 6.42 Å². The van der Waals surface area contributed by atoms with Crippen LogP contribution in [0.2, 0.25) is 5.02 Å². The highest BCUT2D eigenvalue weighted by molar-refractivity contribution is 9.10. The van der Waals surface area contributed by atoms with Gasteiger partial charge in [0.15, 0.2) is 0 Å². The number of nitrogens with one attached hydrogen (secondary N) is 1. The summed E-state index contributed by atoms with van der Waals surface area (Å²) in [5.74, 6) is 1.01. The monoisotopic (exact) mass is 365 g/mol. The number of benzene rings is 2. The first-order valence-electron chi connectivity index (χ1n) is 7.07. The topological polar surface area (TPSA) is 21.3 Å². The molecule has 0 aliphatic carbocycles. The molecule has 2 aromatic rings. The minimum absolute atomic E-state index is 0.0715. The summed E-state index contributed by atoms with van der Waals surface area (Å²) in [5.41, 5.74) is 3.57. The zero-order valence-corrected chi connectivity index (χ0v) is 14.2. The minimum atomic E-state index is 0.0715. The van der Waals surface area contributed by atoms with Gasteiger partial charge in [0.05, 0.1) is 17.7 Å². The Labute approximate surface area is 138 Å². The molecule has 0 spiro atoms. The first-order chi connectivity index (χ1) is 10.2. The molecule has 0 saturated carbocycles. The van der Waals surface area contributed by atoms with Crippen LogP contribution in [0.1, 0.15) is 29.2 Å². The Kier molecular flexibility index (Phi) is 4.53. The van der Waals surface area contributed by atoms with Crippen molar-refractivity contribution in [3.8, 4) is 5.75 Å². The van der Waals surface area contributed by atoms with Crippen molar-refractivity contribution in [1.82, 2.24) is 5.32 Å². The number of aryl methyl sites for hydroxylation is 1. The van der Waals surface area contributed by atoms with Gasteiger partial charge >= 0.3 is 0 Å². The van der Waals surface area contributed by atoms with Gasteiger partial charge in [-0.25, -0.2) is 0 Å². The third kappa shape index (κ3) is 2.96. The fraction of sp³-hybridized carbons (Fsp3) is 0.294. The molecule has 0 saturated heterocycles. The maximum Gasteiger partial charge on any atom is 0.122 e. The van der Waals surface area contributed by atoms with E-state index >= 15 is 0 Å². The molecular formula is C17H17BrClNO. The predicted octanol–water partition coefficient (Wildman–Crippen LogP) is 4.74. The Balaban J connectivity index is 2.02. The van der Waals surface area contributed by atoms with Gasteiger partial charge in [0.25, 0.3) is 0 Å². The zero-order chi connectivity index (χ0) is 14.8. The second-order valence-electron chi connectivity index (χ2n) is 5.18. The summed E-state index contributed by atoms with van der Waals surface area (Å²) in [6.07, 6.45) is 2.16. The molecule has 0 aromatic heterocycles. The van der Waals surface area contributed by atoms with Crippen molar-refractivity contribution >= 4 is 27.5 Å². The van der Waals surface area contributed by atoms with Gasteiger partial charge in [0.1, 0.15) is 5.75 Å². The Bertz CT molecular complexity index is 659. The van der Waals surface area contributed by atoms with Crippen LogP contribution in [0.4, 0.5) is 0 Å². The average Bonchev–Trinajstić information content (AvgIpc) is 2.52. The van der Waals surface area contributed by atoms with Crippen LogP contribution < -0.4 is 10.1 Å². The number of halogens is 2. The Morgan fingerprint density at radius 3 is 2.95 bits per heavy atom. The van der Waals surface area contributed by atoms with E-state index in [9.17, 15) is 0 Å². The number of fused-ring (bicyclic) bond motifs is 1. The van der Waals surface area contributed by atoms with E-state index in [1.54, 1.807) is 0 Å². The van der Waals surface area contributed by atoms with Crippen molar-refractivity contribution in [1.29, 1.82) is 0 Å². The Morgan fingerprint density at radius 2 is 2.14 bits per heavy atom. The summed E-state index contributed by atoms with van der Waals surface area (Å²) in [6, 6.07) is 12.5. The molecule has 0 fully saturated rings. The van der Waals surface area contributed by atoms with Crippen LogP contribution in [0.3, 0.4) is 0 Å². The highest BCUT2D eigenvalue weighted by Gasteiger charge is 2.19. The van der Waals surface area contributed by atoms with Crippen LogP contribution in [0.5, 0.6) is 5.75 Å². The van der Waals surface area contributed by atoms with Crippen LogP contribution in [0, 0.1) is 0 Å². The Morgan fingerprint density at radius 1 is 1.29 bits per heavy atom. The van der Waals surface area contributed by atoms with E-state index in [1.807, 2.05) is 19.2 Å². The molecule has 110 valence electrons. The van der Waals surface area contributed by atoms with E-state index in [-0.39, 0.29) is 6.04 Å². The van der Waals surface area contributed by atoms with Crippen molar-refractivity contribution in [2.45, 2.75) is 18.9 Å². The van der Waals surface area contributed by atoms with E-state index in [0.717, 1.165) is 40.3 Å². The number of rotatable bonds is 3. The third-order valence-corrected chi connectivity index (χ3v) is 5.16. The van der Waals surface area contributed by atoms with Gasteiger partial charge in [0.2, 0.25) is 0 Å². The standard InChI is InChI=1S/C17H17BrClNO/c1-20-17(13-5-2-6-14(18)16(13)19)12-7-8-15-11(10-12)4-3-9-21-15/h2,5-8,10,17,20H,3-4,9H2,1H3. The molecule has 2 nitrogen and oxygen atoms in total. The quantitative estimate of drug-likeness (QED) is 0.847. The second kappa shape index (κ2) is 6.39. The minimum Gasteiger partial charge on any atom is -0.493 e. The van der Waals surface area contributed by atoms with Crippen LogP contribution >= 0.6 is 27.5 Å². The number of hydrogen-bond donors (Lipinski definition) is 1. The molecule has 1 aliphatic rings. The van der Waals surface area contributed by atoms with Crippen LogP contribution in [-0.4, -0.2) is 13.7 Å². The third-order valence-electron chi connectivity index (χ3n) is 3.85. The van der Waals surface area contributed by atoms with Gasteiger partial charge in [-0.2, -0.15) is 0 Å². The molecule has 1 aliphatic heterocycles. The molecule has 4 heteroatoms. The first-order valence-corrected chi connectivity index (χ1v) is 8.24.